The van der Waals surface area contributed by atoms with Crippen LogP contribution < -0.4 is 10.6 Å². The maximum atomic E-state index is 6.44. The van der Waals surface area contributed by atoms with Crippen molar-refractivity contribution in [3.8, 4) is 0 Å². The lowest BCUT2D eigenvalue weighted by molar-refractivity contribution is 0.0951. The third kappa shape index (κ3) is 4.40. The molecule has 2 fully saturated rings. The van der Waals surface area contributed by atoms with Gasteiger partial charge in [0.25, 0.3) is 0 Å². The summed E-state index contributed by atoms with van der Waals surface area (Å²) in [6.07, 6.45) is 9.59. The van der Waals surface area contributed by atoms with E-state index in [1.807, 2.05) is 0 Å². The van der Waals surface area contributed by atoms with Gasteiger partial charge in [0.2, 0.25) is 5.95 Å². The number of hydrogen-bond acceptors (Lipinski definition) is 9. The number of ether oxygens (including phenoxy) is 1. The number of nitrogens with zero attached hydrogens (tertiary/aromatic N) is 6. The van der Waals surface area contributed by atoms with Crippen molar-refractivity contribution in [3.05, 3.63) is 16.3 Å². The van der Waals surface area contributed by atoms with Crippen molar-refractivity contribution in [1.29, 1.82) is 0 Å². The minimum Gasteiger partial charge on any atom is -0.383 e. The first-order chi connectivity index (χ1) is 16.7. The van der Waals surface area contributed by atoms with Crippen LogP contribution in [0.2, 0.25) is 0 Å². The maximum Gasteiger partial charge on any atom is 0.228 e. The Hall–Kier alpha value is -1.91. The number of rotatable bonds is 6. The summed E-state index contributed by atoms with van der Waals surface area (Å²) in [7, 11) is 0. The summed E-state index contributed by atoms with van der Waals surface area (Å²) in [6, 6.07) is 0. The van der Waals surface area contributed by atoms with Crippen LogP contribution in [0.25, 0.3) is 10.2 Å². The molecular weight excluding hydrogens is 466 g/mol. The summed E-state index contributed by atoms with van der Waals surface area (Å²) < 4.78 is 8.23. The van der Waals surface area contributed by atoms with Crippen molar-refractivity contribution in [1.82, 2.24) is 24.7 Å². The van der Waals surface area contributed by atoms with Crippen LogP contribution in [0.5, 0.6) is 0 Å². The van der Waals surface area contributed by atoms with Crippen LogP contribution in [0, 0.1) is 5.92 Å². The van der Waals surface area contributed by atoms with Gasteiger partial charge in [-0.25, -0.2) is 9.97 Å². The lowest BCUT2D eigenvalue weighted by Crippen LogP contribution is -2.35. The highest BCUT2D eigenvalue weighted by atomic mass is 32.2. The van der Waals surface area contributed by atoms with Gasteiger partial charge in [0.05, 0.1) is 23.8 Å². The third-order valence-corrected chi connectivity index (χ3v) is 9.54. The smallest absolute Gasteiger partial charge is 0.228 e. The van der Waals surface area contributed by atoms with Gasteiger partial charge in [-0.2, -0.15) is 0 Å². The van der Waals surface area contributed by atoms with E-state index < -0.39 is 0 Å². The topological polar surface area (TPSA) is 95.0 Å². The molecule has 5 heterocycles. The summed E-state index contributed by atoms with van der Waals surface area (Å²) in [6.45, 7) is 6.06. The normalized spacial score (nSPS) is 21.4. The second kappa shape index (κ2) is 9.62. The Morgan fingerprint density at radius 3 is 2.76 bits per heavy atom. The zero-order valence-electron chi connectivity index (χ0n) is 19.8. The molecular formula is C24H33N7OS2. The Labute approximate surface area is 208 Å². The molecule has 182 valence electrons. The molecule has 1 aliphatic carbocycles. The van der Waals surface area contributed by atoms with E-state index in [1.165, 1.54) is 36.1 Å². The van der Waals surface area contributed by atoms with Gasteiger partial charge in [0, 0.05) is 24.6 Å². The molecule has 0 spiro atoms. The quantitative estimate of drug-likeness (QED) is 0.497. The van der Waals surface area contributed by atoms with Gasteiger partial charge in [0.1, 0.15) is 16.5 Å². The van der Waals surface area contributed by atoms with Gasteiger partial charge in [-0.05, 0) is 62.8 Å². The Balaban J connectivity index is 1.24. The zero-order valence-corrected chi connectivity index (χ0v) is 21.5. The molecule has 3 aliphatic rings. The molecule has 3 aromatic heterocycles. The molecule has 2 N–H and O–H groups in total. The van der Waals surface area contributed by atoms with Gasteiger partial charge in [-0.3, -0.25) is 4.57 Å². The summed E-state index contributed by atoms with van der Waals surface area (Å²) >= 11 is 3.45. The molecule has 8 nitrogen and oxygen atoms in total. The Bertz CT molecular complexity index is 1160. The van der Waals surface area contributed by atoms with Gasteiger partial charge in [0.15, 0.2) is 5.16 Å². The van der Waals surface area contributed by atoms with Gasteiger partial charge in [-0.15, -0.1) is 21.5 Å². The minimum absolute atomic E-state index is 0.235. The molecule has 0 amide bonds. The third-order valence-electron chi connectivity index (χ3n) is 7.39. The summed E-state index contributed by atoms with van der Waals surface area (Å²) in [4.78, 5) is 14.5. The minimum atomic E-state index is 0.235. The summed E-state index contributed by atoms with van der Waals surface area (Å²) in [5, 5.41) is 11.2. The van der Waals surface area contributed by atoms with Crippen molar-refractivity contribution in [3.63, 3.8) is 0 Å². The highest BCUT2D eigenvalue weighted by Gasteiger charge is 2.26. The van der Waals surface area contributed by atoms with E-state index >= 15 is 0 Å². The molecule has 2 aliphatic heterocycles. The summed E-state index contributed by atoms with van der Waals surface area (Å²) in [5.74, 6) is 3.79. The van der Waals surface area contributed by atoms with E-state index in [9.17, 15) is 0 Å². The molecule has 0 radical (unpaired) electrons. The van der Waals surface area contributed by atoms with Crippen molar-refractivity contribution < 1.29 is 4.74 Å². The number of fused-ring (bicyclic) bond motifs is 3. The number of hydrogen-bond donors (Lipinski definition) is 1. The van der Waals surface area contributed by atoms with E-state index in [4.69, 9.17) is 20.4 Å². The van der Waals surface area contributed by atoms with Crippen LogP contribution in [-0.4, -0.2) is 50.5 Å². The first-order valence-corrected chi connectivity index (χ1v) is 14.4. The largest absolute Gasteiger partial charge is 0.383 e. The fraction of sp³-hybridized carbons (Fsp3) is 0.667. The van der Waals surface area contributed by atoms with Crippen LogP contribution in [0.1, 0.15) is 61.7 Å². The summed E-state index contributed by atoms with van der Waals surface area (Å²) in [5.41, 5.74) is 7.82. The number of aromatic nitrogens is 5. The number of nitrogens with two attached hydrogens (primary N) is 1. The molecule has 10 heteroatoms. The Morgan fingerprint density at radius 1 is 1.09 bits per heavy atom. The molecule has 2 saturated heterocycles. The molecule has 0 bridgehead atoms. The Morgan fingerprint density at radius 2 is 1.94 bits per heavy atom. The van der Waals surface area contributed by atoms with E-state index in [0.29, 0.717) is 11.6 Å². The highest BCUT2D eigenvalue weighted by molar-refractivity contribution is 7.98. The molecule has 1 unspecified atom stereocenters. The fourth-order valence-corrected chi connectivity index (χ4v) is 7.49. The van der Waals surface area contributed by atoms with Crippen LogP contribution in [-0.2, 0) is 29.9 Å². The lowest BCUT2D eigenvalue weighted by Gasteiger charge is -2.31. The van der Waals surface area contributed by atoms with Gasteiger partial charge in [-0.1, -0.05) is 18.7 Å². The molecule has 3 aromatic rings. The van der Waals surface area contributed by atoms with E-state index in [2.05, 4.69) is 26.6 Å². The number of anilines is 2. The number of thioether (sulfide) groups is 1. The second-order valence-electron chi connectivity index (χ2n) is 9.90. The highest BCUT2D eigenvalue weighted by Crippen LogP contribution is 2.38. The van der Waals surface area contributed by atoms with Crippen molar-refractivity contribution in [2.45, 2.75) is 81.8 Å². The van der Waals surface area contributed by atoms with Crippen molar-refractivity contribution in [2.24, 2.45) is 5.92 Å². The maximum absolute atomic E-state index is 6.44. The fourth-order valence-electron chi connectivity index (χ4n) is 5.41. The zero-order chi connectivity index (χ0) is 23.1. The standard InChI is InChI=1S/C24H33N7OS2/c1-15-8-10-30(11-9-15)23-28-29-24(31(23)13-16-5-4-12-32-16)33-14-19-26-21(25)20-17-6-2-3-7-18(17)34-22(20)27-19/h15-16H,2-14H2,1H3,(H2,25,26,27). The first-order valence-electron chi connectivity index (χ1n) is 12.6. The molecule has 0 saturated carbocycles. The first kappa shape index (κ1) is 22.5. The van der Waals surface area contributed by atoms with Crippen LogP contribution in [0.4, 0.5) is 11.8 Å². The van der Waals surface area contributed by atoms with Gasteiger partial charge < -0.3 is 15.4 Å². The van der Waals surface area contributed by atoms with Crippen molar-refractivity contribution >= 4 is 45.1 Å². The second-order valence-corrected chi connectivity index (χ2v) is 11.9. The number of aryl methyl sites for hydroxylation is 2. The molecule has 1 atom stereocenters. The van der Waals surface area contributed by atoms with E-state index in [0.717, 1.165) is 85.0 Å². The number of nitrogen functional groups attached to an aromatic ring is 1. The number of thiophene rings is 1. The van der Waals surface area contributed by atoms with Crippen LogP contribution >= 0.6 is 23.1 Å². The average molecular weight is 500 g/mol. The predicted octanol–water partition coefficient (Wildman–Crippen LogP) is 4.45. The molecule has 6 rings (SSSR count). The van der Waals surface area contributed by atoms with Crippen LogP contribution in [0.3, 0.4) is 0 Å². The average Bonchev–Trinajstić information content (AvgIpc) is 3.57. The van der Waals surface area contributed by atoms with Crippen LogP contribution in [0.15, 0.2) is 5.16 Å². The SMILES string of the molecule is CC1CCN(c2nnc(SCc3nc(N)c4c5c(sc4n3)CCCC5)n2CC2CCCO2)CC1. The monoisotopic (exact) mass is 499 g/mol. The Kier molecular flexibility index (Phi) is 6.38. The molecule has 0 aromatic carbocycles. The van der Waals surface area contributed by atoms with E-state index in [-0.39, 0.29) is 6.10 Å². The number of piperidine rings is 1. The van der Waals surface area contributed by atoms with Crippen molar-refractivity contribution in [2.75, 3.05) is 30.3 Å². The predicted molar refractivity (Wildman–Crippen MR) is 138 cm³/mol. The lowest BCUT2D eigenvalue weighted by atomic mass is 9.97. The van der Waals surface area contributed by atoms with Gasteiger partial charge >= 0.3 is 0 Å². The van der Waals surface area contributed by atoms with E-state index in [1.54, 1.807) is 23.1 Å². The molecule has 34 heavy (non-hydrogen) atoms.